The smallest absolute Gasteiger partial charge is 0.327 e. The van der Waals surface area contributed by atoms with Crippen molar-refractivity contribution in [2.45, 2.75) is 39.3 Å². The number of carboxylic acids is 1. The van der Waals surface area contributed by atoms with E-state index in [0.29, 0.717) is 6.42 Å². The van der Waals surface area contributed by atoms with Gasteiger partial charge in [0.1, 0.15) is 12.1 Å². The van der Waals surface area contributed by atoms with Crippen LogP contribution in [-0.4, -0.2) is 40.7 Å². The van der Waals surface area contributed by atoms with Gasteiger partial charge in [0.25, 0.3) is 0 Å². The molecule has 0 aliphatic carbocycles. The highest BCUT2D eigenvalue weighted by molar-refractivity contribution is 7.80. The number of amides is 2. The lowest BCUT2D eigenvalue weighted by Gasteiger charge is -2.24. The van der Waals surface area contributed by atoms with Crippen LogP contribution in [0, 0.1) is 5.92 Å². The van der Waals surface area contributed by atoms with Crippen molar-refractivity contribution in [1.29, 1.82) is 0 Å². The first kappa shape index (κ1) is 16.8. The quantitative estimate of drug-likeness (QED) is 0.494. The largest absolute Gasteiger partial charge is 0.480 e. The van der Waals surface area contributed by atoms with Crippen molar-refractivity contribution < 1.29 is 19.5 Å². The lowest BCUT2D eigenvalue weighted by Crippen LogP contribution is -2.54. The van der Waals surface area contributed by atoms with Crippen LogP contribution in [-0.2, 0) is 14.4 Å². The summed E-state index contributed by atoms with van der Waals surface area (Å²) in [4.78, 5) is 33.8. The van der Waals surface area contributed by atoms with E-state index in [1.54, 1.807) is 0 Å². The van der Waals surface area contributed by atoms with Gasteiger partial charge in [0.2, 0.25) is 11.8 Å². The molecular weight excluding hydrogens is 256 g/mol. The van der Waals surface area contributed by atoms with Gasteiger partial charge in [-0.3, -0.25) is 9.59 Å². The maximum absolute atomic E-state index is 11.9. The first-order valence-corrected chi connectivity index (χ1v) is 6.37. The molecule has 104 valence electrons. The summed E-state index contributed by atoms with van der Waals surface area (Å²) in [6, 6.07) is -1.78. The second-order valence-corrected chi connectivity index (χ2v) is 4.51. The minimum atomic E-state index is -1.15. The van der Waals surface area contributed by atoms with Gasteiger partial charge in [0.05, 0.1) is 0 Å². The summed E-state index contributed by atoms with van der Waals surface area (Å²) in [5, 5.41) is 13.7. The number of hydrogen-bond acceptors (Lipinski definition) is 4. The van der Waals surface area contributed by atoms with Crippen LogP contribution < -0.4 is 10.6 Å². The Morgan fingerprint density at radius 2 is 1.83 bits per heavy atom. The molecule has 0 aromatic carbocycles. The van der Waals surface area contributed by atoms with Gasteiger partial charge in [0.15, 0.2) is 0 Å². The Balaban J connectivity index is 4.74. The van der Waals surface area contributed by atoms with E-state index in [9.17, 15) is 14.4 Å². The third kappa shape index (κ3) is 5.39. The van der Waals surface area contributed by atoms with Crippen molar-refractivity contribution in [1.82, 2.24) is 10.6 Å². The average molecular weight is 276 g/mol. The molecule has 0 bridgehead atoms. The van der Waals surface area contributed by atoms with Gasteiger partial charge in [-0.05, 0) is 5.92 Å². The molecule has 7 heteroatoms. The van der Waals surface area contributed by atoms with Crippen LogP contribution in [0.2, 0.25) is 0 Å². The van der Waals surface area contributed by atoms with Crippen molar-refractivity contribution in [2.24, 2.45) is 5.92 Å². The molecule has 0 spiro atoms. The number of carboxylic acid groups (broad SMARTS) is 1. The zero-order valence-electron chi connectivity index (χ0n) is 10.8. The van der Waals surface area contributed by atoms with Gasteiger partial charge in [-0.25, -0.2) is 4.79 Å². The molecule has 0 aromatic heterocycles. The third-order valence-electron chi connectivity index (χ3n) is 2.65. The summed E-state index contributed by atoms with van der Waals surface area (Å²) in [5.74, 6) is -2.06. The molecular formula is C11H20N2O4S. The van der Waals surface area contributed by atoms with Crippen molar-refractivity contribution in [3.8, 4) is 0 Å². The van der Waals surface area contributed by atoms with E-state index in [4.69, 9.17) is 5.11 Å². The van der Waals surface area contributed by atoms with Gasteiger partial charge in [-0.15, -0.1) is 0 Å². The van der Waals surface area contributed by atoms with E-state index in [1.807, 2.05) is 13.8 Å². The van der Waals surface area contributed by atoms with Gasteiger partial charge >= 0.3 is 5.97 Å². The molecule has 3 N–H and O–H groups in total. The molecule has 3 atom stereocenters. The van der Waals surface area contributed by atoms with Crippen LogP contribution in [0.15, 0.2) is 0 Å². The summed E-state index contributed by atoms with van der Waals surface area (Å²) in [6.45, 7) is 5.02. The number of aliphatic carboxylic acids is 1. The Hall–Kier alpha value is -1.24. The zero-order valence-corrected chi connectivity index (χ0v) is 11.7. The normalized spacial score (nSPS) is 15.3. The Morgan fingerprint density at radius 1 is 1.28 bits per heavy atom. The van der Waals surface area contributed by atoms with E-state index >= 15 is 0 Å². The fraction of sp³-hybridized carbons (Fsp3) is 0.727. The molecule has 0 aliphatic heterocycles. The molecule has 0 heterocycles. The number of rotatable bonds is 7. The van der Waals surface area contributed by atoms with Crippen LogP contribution >= 0.6 is 12.6 Å². The highest BCUT2D eigenvalue weighted by Crippen LogP contribution is 2.08. The molecule has 0 rings (SSSR count). The number of thiol groups is 1. The SMILES string of the molecule is CC[C@H](C)[C@H](NC(C)=O)C(=O)N[C@@H](CS)C(=O)O. The van der Waals surface area contributed by atoms with Gasteiger partial charge < -0.3 is 15.7 Å². The fourth-order valence-electron chi connectivity index (χ4n) is 1.37. The van der Waals surface area contributed by atoms with Crippen LogP contribution in [0.3, 0.4) is 0 Å². The Morgan fingerprint density at radius 3 is 2.17 bits per heavy atom. The molecule has 0 aliphatic rings. The monoisotopic (exact) mass is 276 g/mol. The highest BCUT2D eigenvalue weighted by Gasteiger charge is 2.28. The minimum absolute atomic E-state index is 0.00558. The standard InChI is InChI=1S/C11H20N2O4S/c1-4-6(2)9(12-7(3)14)10(15)13-8(5-18)11(16)17/h6,8-9,18H,4-5H2,1-3H3,(H,12,14)(H,13,15)(H,16,17)/t6-,8-,9-/m0/s1. The van der Waals surface area contributed by atoms with E-state index < -0.39 is 24.0 Å². The van der Waals surface area contributed by atoms with Crippen molar-refractivity contribution in [2.75, 3.05) is 5.75 Å². The molecule has 0 saturated heterocycles. The number of hydrogen-bond donors (Lipinski definition) is 4. The van der Waals surface area contributed by atoms with Crippen LogP contribution in [0.25, 0.3) is 0 Å². The molecule has 18 heavy (non-hydrogen) atoms. The summed E-state index contributed by atoms with van der Waals surface area (Å²) < 4.78 is 0. The predicted octanol–water partition coefficient (Wildman–Crippen LogP) is 0.0364. The fourth-order valence-corrected chi connectivity index (χ4v) is 1.62. The van der Waals surface area contributed by atoms with E-state index in [-0.39, 0.29) is 17.6 Å². The first-order chi connectivity index (χ1) is 8.33. The average Bonchev–Trinajstić information content (AvgIpc) is 2.30. The van der Waals surface area contributed by atoms with Crippen molar-refractivity contribution in [3.63, 3.8) is 0 Å². The second-order valence-electron chi connectivity index (χ2n) is 4.15. The third-order valence-corrected chi connectivity index (χ3v) is 3.02. The van der Waals surface area contributed by atoms with Crippen LogP contribution in [0.1, 0.15) is 27.2 Å². The number of carbonyl (C=O) groups excluding carboxylic acids is 2. The van der Waals surface area contributed by atoms with Gasteiger partial charge in [0, 0.05) is 12.7 Å². The Kier molecular flexibility index (Phi) is 7.42. The van der Waals surface area contributed by atoms with Crippen LogP contribution in [0.4, 0.5) is 0 Å². The zero-order chi connectivity index (χ0) is 14.3. The first-order valence-electron chi connectivity index (χ1n) is 5.74. The maximum Gasteiger partial charge on any atom is 0.327 e. The molecule has 6 nitrogen and oxygen atoms in total. The van der Waals surface area contributed by atoms with Gasteiger partial charge in [-0.2, -0.15) is 12.6 Å². The van der Waals surface area contributed by atoms with E-state index in [1.165, 1.54) is 6.92 Å². The van der Waals surface area contributed by atoms with Gasteiger partial charge in [-0.1, -0.05) is 20.3 Å². The predicted molar refractivity (Wildman–Crippen MR) is 70.5 cm³/mol. The van der Waals surface area contributed by atoms with E-state index in [0.717, 1.165) is 0 Å². The summed E-state index contributed by atoms with van der Waals surface area (Å²) in [7, 11) is 0. The lowest BCUT2D eigenvalue weighted by atomic mass is 9.98. The minimum Gasteiger partial charge on any atom is -0.480 e. The molecule has 0 unspecified atom stereocenters. The molecule has 0 aromatic rings. The number of nitrogens with one attached hydrogen (secondary N) is 2. The van der Waals surface area contributed by atoms with E-state index in [2.05, 4.69) is 23.3 Å². The molecule has 0 fully saturated rings. The van der Waals surface area contributed by atoms with Crippen molar-refractivity contribution in [3.05, 3.63) is 0 Å². The molecule has 0 radical (unpaired) electrons. The topological polar surface area (TPSA) is 95.5 Å². The summed E-state index contributed by atoms with van der Waals surface area (Å²) in [5.41, 5.74) is 0. The van der Waals surface area contributed by atoms with Crippen LogP contribution in [0.5, 0.6) is 0 Å². The summed E-state index contributed by atoms with van der Waals surface area (Å²) in [6.07, 6.45) is 0.691. The lowest BCUT2D eigenvalue weighted by molar-refractivity contribution is -0.141. The summed E-state index contributed by atoms with van der Waals surface area (Å²) >= 11 is 3.86. The maximum atomic E-state index is 11.9. The molecule has 0 saturated carbocycles. The number of carbonyl (C=O) groups is 3. The Bertz CT molecular complexity index is 322. The second kappa shape index (κ2) is 7.97. The molecule has 2 amide bonds. The highest BCUT2D eigenvalue weighted by atomic mass is 32.1. The Labute approximate surface area is 112 Å². The van der Waals surface area contributed by atoms with Crippen molar-refractivity contribution >= 4 is 30.4 Å².